The van der Waals surface area contributed by atoms with Gasteiger partial charge in [0.2, 0.25) is 0 Å². The van der Waals surface area contributed by atoms with Gasteiger partial charge < -0.3 is 0 Å². The minimum Gasteiger partial charge on any atom is -0.0958 e. The quantitative estimate of drug-likeness (QED) is 0.433. The molecule has 0 spiro atoms. The molecule has 2 saturated carbocycles. The summed E-state index contributed by atoms with van der Waals surface area (Å²) in [5.41, 5.74) is 4.44. The van der Waals surface area contributed by atoms with Crippen LogP contribution >= 0.6 is 0 Å². The van der Waals surface area contributed by atoms with Crippen LogP contribution in [-0.2, 0) is 0 Å². The molecule has 0 saturated heterocycles. The van der Waals surface area contributed by atoms with Crippen LogP contribution in [0.3, 0.4) is 0 Å². The molecule has 0 heteroatoms. The Bertz CT molecular complexity index is 579. The molecule has 0 nitrogen and oxygen atoms in total. The van der Waals surface area contributed by atoms with E-state index in [1.165, 1.54) is 56.1 Å². The molecule has 0 aromatic rings. The summed E-state index contributed by atoms with van der Waals surface area (Å²) in [7, 11) is 0. The third-order valence-electron chi connectivity index (χ3n) is 8.72. The van der Waals surface area contributed by atoms with Crippen molar-refractivity contribution in [3.8, 4) is 0 Å². The van der Waals surface area contributed by atoms with Crippen LogP contribution in [0.15, 0.2) is 35.5 Å². The SMILES string of the molecule is C=C(C)C1=CC=C(C2CC(C)C(CCC3C(C)CC(C)CC3C)[C@H]2C)CC1.CC. The highest BCUT2D eigenvalue weighted by molar-refractivity contribution is 5.36. The second kappa shape index (κ2) is 11.0. The zero-order chi connectivity index (χ0) is 21.7. The average molecular weight is 399 g/mol. The Balaban J connectivity index is 0.00000145. The predicted octanol–water partition coefficient (Wildman–Crippen LogP) is 9.24. The minimum atomic E-state index is 0.828. The molecule has 0 amide bonds. The van der Waals surface area contributed by atoms with Gasteiger partial charge in [-0.1, -0.05) is 78.3 Å². The fourth-order valence-electron chi connectivity index (χ4n) is 7.19. The van der Waals surface area contributed by atoms with E-state index in [1.807, 2.05) is 13.8 Å². The molecule has 3 aliphatic rings. The maximum Gasteiger partial charge on any atom is -0.0169 e. The Labute approximate surface area is 183 Å². The predicted molar refractivity (Wildman–Crippen MR) is 131 cm³/mol. The fourth-order valence-corrected chi connectivity index (χ4v) is 7.19. The summed E-state index contributed by atoms with van der Waals surface area (Å²) in [4.78, 5) is 0. The molecule has 0 aromatic heterocycles. The fraction of sp³-hybridized carbons (Fsp3) is 0.793. The van der Waals surface area contributed by atoms with Gasteiger partial charge in [-0.05, 0) is 105 Å². The van der Waals surface area contributed by atoms with Crippen molar-refractivity contribution in [3.05, 3.63) is 35.5 Å². The van der Waals surface area contributed by atoms with Gasteiger partial charge in [0, 0.05) is 0 Å². The molecule has 3 aliphatic carbocycles. The Kier molecular flexibility index (Phi) is 9.30. The summed E-state index contributed by atoms with van der Waals surface area (Å²) >= 11 is 0. The summed E-state index contributed by atoms with van der Waals surface area (Å²) in [5.74, 6) is 7.28. The van der Waals surface area contributed by atoms with Gasteiger partial charge >= 0.3 is 0 Å². The van der Waals surface area contributed by atoms with E-state index >= 15 is 0 Å². The van der Waals surface area contributed by atoms with E-state index in [0.29, 0.717) is 0 Å². The number of hydrogen-bond donors (Lipinski definition) is 0. The third-order valence-corrected chi connectivity index (χ3v) is 8.72. The third kappa shape index (κ3) is 5.89. The standard InChI is InChI=1S/C27H44.C2H6/c1-17(2)23-8-10-24(11-9-23)27-16-21(6)26(22(27)7)13-12-25-19(4)14-18(3)15-20(25)5;1-2/h8,10,18-22,25-27H,1,9,11-16H2,2-7H3;1-2H3/t18?,19?,20?,21?,22-,25?,26?,27?;/m1./s1. The molecule has 0 bridgehead atoms. The molecule has 0 radical (unpaired) electrons. The van der Waals surface area contributed by atoms with Crippen molar-refractivity contribution < 1.29 is 0 Å². The molecule has 29 heavy (non-hydrogen) atoms. The van der Waals surface area contributed by atoms with Crippen molar-refractivity contribution in [1.29, 1.82) is 0 Å². The molecule has 0 aliphatic heterocycles. The Morgan fingerprint density at radius 3 is 1.90 bits per heavy atom. The van der Waals surface area contributed by atoms with Crippen LogP contribution < -0.4 is 0 Å². The van der Waals surface area contributed by atoms with Crippen LogP contribution in [0, 0.1) is 47.3 Å². The summed E-state index contributed by atoms with van der Waals surface area (Å²) < 4.78 is 0. The van der Waals surface area contributed by atoms with Crippen LogP contribution in [0.5, 0.6) is 0 Å². The van der Waals surface area contributed by atoms with Gasteiger partial charge in [-0.15, -0.1) is 0 Å². The maximum absolute atomic E-state index is 4.13. The summed E-state index contributed by atoms with van der Waals surface area (Å²) in [6, 6.07) is 0. The highest BCUT2D eigenvalue weighted by Crippen LogP contribution is 2.50. The van der Waals surface area contributed by atoms with Crippen LogP contribution in [0.25, 0.3) is 0 Å². The number of rotatable bonds is 5. The molecule has 0 N–H and O–H groups in total. The van der Waals surface area contributed by atoms with Gasteiger partial charge in [0.25, 0.3) is 0 Å². The average Bonchev–Trinajstić information content (AvgIpc) is 2.97. The van der Waals surface area contributed by atoms with Crippen LogP contribution in [0.2, 0.25) is 0 Å². The lowest BCUT2D eigenvalue weighted by Crippen LogP contribution is -2.29. The first-order chi connectivity index (χ1) is 13.8. The van der Waals surface area contributed by atoms with E-state index in [2.05, 4.69) is 60.3 Å². The van der Waals surface area contributed by atoms with Crippen molar-refractivity contribution in [2.75, 3.05) is 0 Å². The molecule has 0 aromatic carbocycles. The number of hydrogen-bond acceptors (Lipinski definition) is 0. The Morgan fingerprint density at radius 1 is 0.828 bits per heavy atom. The van der Waals surface area contributed by atoms with E-state index in [1.54, 1.807) is 5.57 Å². The summed E-state index contributed by atoms with van der Waals surface area (Å²) in [5, 5.41) is 0. The van der Waals surface area contributed by atoms with Crippen LogP contribution in [0.1, 0.15) is 100 Å². The zero-order valence-electron chi connectivity index (χ0n) is 20.9. The van der Waals surface area contributed by atoms with Crippen molar-refractivity contribution in [2.45, 2.75) is 100 Å². The topological polar surface area (TPSA) is 0 Å². The normalized spacial score (nSPS) is 39.9. The lowest BCUT2D eigenvalue weighted by Gasteiger charge is -2.39. The van der Waals surface area contributed by atoms with Crippen molar-refractivity contribution in [2.24, 2.45) is 47.3 Å². The minimum absolute atomic E-state index is 0.828. The van der Waals surface area contributed by atoms with Crippen molar-refractivity contribution >= 4 is 0 Å². The molecule has 5 unspecified atom stereocenters. The van der Waals surface area contributed by atoms with E-state index in [9.17, 15) is 0 Å². The summed E-state index contributed by atoms with van der Waals surface area (Å²) in [6.07, 6.45) is 14.6. The largest absolute Gasteiger partial charge is 0.0958 e. The maximum atomic E-state index is 4.13. The van der Waals surface area contributed by atoms with Crippen LogP contribution in [-0.4, -0.2) is 0 Å². The molecule has 0 heterocycles. The monoisotopic (exact) mass is 398 g/mol. The van der Waals surface area contributed by atoms with Gasteiger partial charge in [-0.3, -0.25) is 0 Å². The van der Waals surface area contributed by atoms with Gasteiger partial charge in [0.1, 0.15) is 0 Å². The molecule has 6 atom stereocenters. The molecular weight excluding hydrogens is 348 g/mol. The van der Waals surface area contributed by atoms with Gasteiger partial charge in [0.15, 0.2) is 0 Å². The highest BCUT2D eigenvalue weighted by atomic mass is 14.5. The van der Waals surface area contributed by atoms with Crippen LogP contribution in [0.4, 0.5) is 0 Å². The summed E-state index contributed by atoms with van der Waals surface area (Å²) in [6.45, 7) is 22.9. The van der Waals surface area contributed by atoms with E-state index < -0.39 is 0 Å². The molecule has 2 fully saturated rings. The second-order valence-corrected chi connectivity index (χ2v) is 10.8. The first-order valence-corrected chi connectivity index (χ1v) is 12.8. The zero-order valence-corrected chi connectivity index (χ0v) is 20.9. The Hall–Kier alpha value is -0.780. The highest BCUT2D eigenvalue weighted by Gasteiger charge is 2.40. The second-order valence-electron chi connectivity index (χ2n) is 10.8. The van der Waals surface area contributed by atoms with Crippen molar-refractivity contribution in [3.63, 3.8) is 0 Å². The smallest absolute Gasteiger partial charge is 0.0169 e. The van der Waals surface area contributed by atoms with Gasteiger partial charge in [0.05, 0.1) is 0 Å². The van der Waals surface area contributed by atoms with Crippen molar-refractivity contribution in [1.82, 2.24) is 0 Å². The molecule has 166 valence electrons. The Morgan fingerprint density at radius 2 is 1.38 bits per heavy atom. The number of allylic oxidation sites excluding steroid dienone is 5. The first kappa shape index (κ1) is 24.5. The van der Waals surface area contributed by atoms with E-state index in [0.717, 1.165) is 47.3 Å². The van der Waals surface area contributed by atoms with Gasteiger partial charge in [-0.25, -0.2) is 0 Å². The lowest BCUT2D eigenvalue weighted by molar-refractivity contribution is 0.114. The van der Waals surface area contributed by atoms with E-state index in [-0.39, 0.29) is 0 Å². The molecule has 3 rings (SSSR count). The first-order valence-electron chi connectivity index (χ1n) is 12.8. The van der Waals surface area contributed by atoms with Gasteiger partial charge in [-0.2, -0.15) is 0 Å². The lowest BCUT2D eigenvalue weighted by atomic mass is 9.67. The van der Waals surface area contributed by atoms with E-state index in [4.69, 9.17) is 0 Å². The molecular formula is C29H50.